The van der Waals surface area contributed by atoms with Gasteiger partial charge in [0.2, 0.25) is 6.29 Å². The summed E-state index contributed by atoms with van der Waals surface area (Å²) in [5, 5.41) is 11.2. The summed E-state index contributed by atoms with van der Waals surface area (Å²) < 4.78 is 52.1. The zero-order valence-corrected chi connectivity index (χ0v) is 16.8. The van der Waals surface area contributed by atoms with Crippen molar-refractivity contribution in [3.05, 3.63) is 46.0 Å². The standard InChI is InChI=1S/C16H20N4O9S/c1-25-14-16(29-30(2,23)24)12(18-15(17)19(16)20(21)22)11-10(27-14)8-26-13(28-11)9-6-4-3-5-7-9/h3-7,10-14H,8H2,1-2H3,(H2,17,18)/t10-,11-,12+,13-,14+,16+/m0/s1. The van der Waals surface area contributed by atoms with Crippen molar-refractivity contribution < 1.29 is 36.6 Å². The summed E-state index contributed by atoms with van der Waals surface area (Å²) >= 11 is 0. The number of benzene rings is 1. The second-order valence-corrected chi connectivity index (χ2v) is 8.51. The zero-order chi connectivity index (χ0) is 21.7. The van der Waals surface area contributed by atoms with E-state index >= 15 is 0 Å². The van der Waals surface area contributed by atoms with E-state index < -0.39 is 57.7 Å². The molecule has 30 heavy (non-hydrogen) atoms. The lowest BCUT2D eigenvalue weighted by Crippen LogP contribution is -2.74. The van der Waals surface area contributed by atoms with Crippen LogP contribution in [0.4, 0.5) is 0 Å². The molecule has 4 rings (SSSR count). The Morgan fingerprint density at radius 1 is 1.33 bits per heavy atom. The fourth-order valence-corrected chi connectivity index (χ4v) is 4.66. The number of aliphatic imine (C=N–C) groups is 1. The van der Waals surface area contributed by atoms with Crippen LogP contribution >= 0.6 is 0 Å². The fourth-order valence-electron chi connectivity index (χ4n) is 3.93. The van der Waals surface area contributed by atoms with Crippen molar-refractivity contribution in [2.45, 2.75) is 36.6 Å². The second kappa shape index (κ2) is 7.40. The van der Waals surface area contributed by atoms with Crippen molar-refractivity contribution in [2.24, 2.45) is 10.7 Å². The van der Waals surface area contributed by atoms with Gasteiger partial charge in [-0.3, -0.25) is 0 Å². The van der Waals surface area contributed by atoms with Crippen LogP contribution in [0.5, 0.6) is 0 Å². The van der Waals surface area contributed by atoms with Crippen LogP contribution in [0.25, 0.3) is 0 Å². The SMILES string of the molecule is CO[C@@H]1O[C@H]2CO[C@H](c3ccccc3)O[C@@H]2[C@H]2N=C(N)N([N+](=O)[O-])[C@]12OS(C)(=O)=O. The molecule has 3 aliphatic rings. The topological polar surface area (TPSA) is 165 Å². The molecule has 13 nitrogen and oxygen atoms in total. The van der Waals surface area contributed by atoms with E-state index in [0.717, 1.165) is 6.26 Å². The molecule has 0 unspecified atom stereocenters. The van der Waals surface area contributed by atoms with Crippen LogP contribution in [0.15, 0.2) is 35.3 Å². The van der Waals surface area contributed by atoms with Gasteiger partial charge < -0.3 is 24.7 Å². The molecule has 14 heteroatoms. The number of hydrogen-bond acceptors (Lipinski definition) is 11. The first-order valence-electron chi connectivity index (χ1n) is 8.86. The Hall–Kier alpha value is -2.36. The first kappa shape index (κ1) is 20.9. The maximum absolute atomic E-state index is 12.1. The first-order chi connectivity index (χ1) is 14.2. The van der Waals surface area contributed by atoms with Gasteiger partial charge in [-0.2, -0.15) is 8.42 Å². The summed E-state index contributed by atoms with van der Waals surface area (Å²) in [6, 6.07) is 7.72. The number of rotatable bonds is 5. The molecule has 1 aromatic carbocycles. The van der Waals surface area contributed by atoms with Crippen molar-refractivity contribution in [3.63, 3.8) is 0 Å². The van der Waals surface area contributed by atoms with Crippen LogP contribution in [-0.2, 0) is 33.2 Å². The number of methoxy groups -OCH3 is 1. The first-order valence-corrected chi connectivity index (χ1v) is 10.7. The van der Waals surface area contributed by atoms with E-state index in [0.29, 0.717) is 10.6 Å². The third-order valence-electron chi connectivity index (χ3n) is 4.98. The van der Waals surface area contributed by atoms with E-state index in [9.17, 15) is 18.5 Å². The minimum atomic E-state index is -4.25. The number of hydrazine groups is 1. The fraction of sp³-hybridized carbons (Fsp3) is 0.562. The van der Waals surface area contributed by atoms with Gasteiger partial charge in [0, 0.05) is 12.7 Å². The molecular formula is C16H20N4O9S. The maximum atomic E-state index is 12.1. The average molecular weight is 444 g/mol. The number of hydrogen-bond donors (Lipinski definition) is 1. The average Bonchev–Trinajstić information content (AvgIpc) is 2.98. The summed E-state index contributed by atoms with van der Waals surface area (Å²) in [5.41, 5.74) is 4.15. The molecule has 164 valence electrons. The molecule has 0 aromatic heterocycles. The highest BCUT2D eigenvalue weighted by atomic mass is 32.2. The summed E-state index contributed by atoms with van der Waals surface area (Å²) in [6.07, 6.45) is -3.34. The van der Waals surface area contributed by atoms with E-state index in [-0.39, 0.29) is 6.61 Å². The van der Waals surface area contributed by atoms with E-state index in [1.54, 1.807) is 24.3 Å². The van der Waals surface area contributed by atoms with E-state index in [2.05, 4.69) is 4.99 Å². The largest absolute Gasteiger partial charge is 0.365 e. The third kappa shape index (κ3) is 3.30. The highest BCUT2D eigenvalue weighted by molar-refractivity contribution is 7.86. The molecule has 2 N–H and O–H groups in total. The molecule has 0 saturated carbocycles. The van der Waals surface area contributed by atoms with Gasteiger partial charge in [-0.05, 0) is 5.01 Å². The van der Waals surface area contributed by atoms with Crippen LogP contribution < -0.4 is 5.73 Å². The summed E-state index contributed by atoms with van der Waals surface area (Å²) in [7, 11) is -3.05. The molecule has 0 amide bonds. The lowest BCUT2D eigenvalue weighted by Gasteiger charge is -2.50. The minimum Gasteiger partial charge on any atom is -0.365 e. The van der Waals surface area contributed by atoms with Crippen LogP contribution in [-0.4, -0.2) is 74.7 Å². The molecule has 0 bridgehead atoms. The van der Waals surface area contributed by atoms with E-state index in [1.165, 1.54) is 7.11 Å². The predicted octanol–water partition coefficient (Wildman–Crippen LogP) is -0.665. The molecule has 2 fully saturated rings. The minimum absolute atomic E-state index is 0.0451. The van der Waals surface area contributed by atoms with Crippen LogP contribution in [0, 0.1) is 10.1 Å². The van der Waals surface area contributed by atoms with Crippen molar-refractivity contribution >= 4 is 16.1 Å². The zero-order valence-electron chi connectivity index (χ0n) is 16.0. The van der Waals surface area contributed by atoms with Gasteiger partial charge in [0.05, 0.1) is 12.9 Å². The quantitative estimate of drug-likeness (QED) is 0.348. The molecule has 1 aromatic rings. The molecular weight excluding hydrogens is 424 g/mol. The van der Waals surface area contributed by atoms with Crippen LogP contribution in [0.2, 0.25) is 0 Å². The Balaban J connectivity index is 1.78. The summed E-state index contributed by atoms with van der Waals surface area (Å²) in [5.74, 6) is -0.564. The van der Waals surface area contributed by atoms with Gasteiger partial charge in [-0.25, -0.2) is 19.3 Å². The Kier molecular flexibility index (Phi) is 5.16. The van der Waals surface area contributed by atoms with Crippen molar-refractivity contribution in [3.8, 4) is 0 Å². The molecule has 6 atom stereocenters. The van der Waals surface area contributed by atoms with Gasteiger partial charge in [-0.1, -0.05) is 30.3 Å². The Morgan fingerprint density at radius 3 is 2.63 bits per heavy atom. The monoisotopic (exact) mass is 444 g/mol. The van der Waals surface area contributed by atoms with Gasteiger partial charge in [0.25, 0.3) is 21.8 Å². The van der Waals surface area contributed by atoms with Gasteiger partial charge in [0.1, 0.15) is 18.2 Å². The molecule has 3 heterocycles. The Labute approximate surface area is 171 Å². The van der Waals surface area contributed by atoms with Crippen LogP contribution in [0.3, 0.4) is 0 Å². The molecule has 0 aliphatic carbocycles. The maximum Gasteiger partial charge on any atom is 0.298 e. The number of guanidine groups is 1. The van der Waals surface area contributed by atoms with E-state index in [4.69, 9.17) is 28.9 Å². The Bertz CT molecular complexity index is 959. The van der Waals surface area contributed by atoms with Crippen LogP contribution in [0.1, 0.15) is 11.9 Å². The number of fused-ring (bicyclic) bond motifs is 3. The summed E-state index contributed by atoms with van der Waals surface area (Å²) in [4.78, 5) is 15.9. The van der Waals surface area contributed by atoms with Gasteiger partial charge in [0.15, 0.2) is 11.3 Å². The van der Waals surface area contributed by atoms with Gasteiger partial charge >= 0.3 is 0 Å². The normalized spacial score (nSPS) is 36.0. The van der Waals surface area contributed by atoms with Crippen molar-refractivity contribution in [1.29, 1.82) is 0 Å². The molecule has 2 saturated heterocycles. The molecule has 3 aliphatic heterocycles. The number of nitrogens with zero attached hydrogens (tertiary/aromatic N) is 3. The lowest BCUT2D eigenvalue weighted by molar-refractivity contribution is -0.668. The van der Waals surface area contributed by atoms with Crippen molar-refractivity contribution in [2.75, 3.05) is 20.0 Å². The van der Waals surface area contributed by atoms with Gasteiger partial charge in [-0.15, -0.1) is 0 Å². The van der Waals surface area contributed by atoms with Crippen molar-refractivity contribution in [1.82, 2.24) is 5.01 Å². The number of nitrogens with two attached hydrogens (primary N) is 1. The second-order valence-electron chi connectivity index (χ2n) is 6.94. The number of nitro groups is 1. The summed E-state index contributed by atoms with van der Waals surface area (Å²) in [6.45, 7) is 0.0451. The highest BCUT2D eigenvalue weighted by Crippen LogP contribution is 2.46. The third-order valence-corrected chi connectivity index (χ3v) is 5.55. The molecule has 0 spiro atoms. The number of ether oxygens (including phenoxy) is 4. The highest BCUT2D eigenvalue weighted by Gasteiger charge is 2.73. The van der Waals surface area contributed by atoms with E-state index in [1.807, 2.05) is 6.07 Å². The smallest absolute Gasteiger partial charge is 0.298 e. The predicted molar refractivity (Wildman–Crippen MR) is 98.6 cm³/mol. The Morgan fingerprint density at radius 2 is 2.03 bits per heavy atom. The lowest BCUT2D eigenvalue weighted by atomic mass is 9.91. The molecule has 0 radical (unpaired) electrons.